The molecule has 117 heavy (non-hydrogen) atoms. The molecule has 0 fully saturated rings. The van der Waals surface area contributed by atoms with E-state index >= 15 is 0 Å². The van der Waals surface area contributed by atoms with E-state index < -0.39 is 91.5 Å². The average molecular weight is 1680 g/mol. The molecule has 16 nitrogen and oxygen atoms in total. The first-order chi connectivity index (χ1) is 57.2. The van der Waals surface area contributed by atoms with Gasteiger partial charge in [-0.25, -0.2) is 9.13 Å². The van der Waals surface area contributed by atoms with Crippen molar-refractivity contribution in [3.8, 4) is 0 Å². The minimum Gasteiger partial charge on any atom is -0.463 e. The van der Waals surface area contributed by atoms with Crippen LogP contribution in [0.1, 0.15) is 380 Å². The monoisotopic (exact) mass is 1680 g/mol. The number of unbranched alkanes of at least 4 members (excludes halogenated alkanes) is 36. The first-order valence-electron chi connectivity index (χ1n) is 46.4. The topological polar surface area (TPSA) is 231 Å². The van der Waals surface area contributed by atoms with Gasteiger partial charge in [0.25, 0.3) is 0 Å². The van der Waals surface area contributed by atoms with Crippen LogP contribution in [0.3, 0.4) is 0 Å². The van der Waals surface area contributed by atoms with Crippen molar-refractivity contribution in [2.24, 2.45) is 0 Å². The lowest BCUT2D eigenvalue weighted by molar-refractivity contribution is -0.161. The Balaban J connectivity index is 4.54. The maximum absolute atomic E-state index is 13.0. The summed E-state index contributed by atoms with van der Waals surface area (Å²) < 4.78 is 61.3. The zero-order valence-electron chi connectivity index (χ0n) is 73.8. The maximum atomic E-state index is 13.0. The molecule has 4 N–H and O–H groups in total. The summed E-state index contributed by atoms with van der Waals surface area (Å²) >= 11 is 0. The third-order valence-corrected chi connectivity index (χ3v) is 21.3. The van der Waals surface area contributed by atoms with Gasteiger partial charge in [-0.05, 0) is 148 Å². The molecule has 0 aliphatic carbocycles. The normalized spacial score (nSPS) is 14.6. The van der Waals surface area contributed by atoms with Crippen LogP contribution in [0.2, 0.25) is 0 Å². The third-order valence-electron chi connectivity index (χ3n) is 19.4. The summed E-state index contributed by atoms with van der Waals surface area (Å²) in [6.45, 7) is 2.45. The molecule has 0 bridgehead atoms. The molecule has 0 saturated heterocycles. The smallest absolute Gasteiger partial charge is 0.463 e. The van der Waals surface area contributed by atoms with E-state index in [-0.39, 0.29) is 19.3 Å². The molecule has 0 aromatic rings. The highest BCUT2D eigenvalue weighted by atomic mass is 31.2. The van der Waals surface area contributed by atoms with E-state index in [0.29, 0.717) is 25.7 Å². The van der Waals surface area contributed by atoms with Crippen LogP contribution >= 0.6 is 15.6 Å². The van der Waals surface area contributed by atoms with Crippen LogP contribution in [0.4, 0.5) is 0 Å². The van der Waals surface area contributed by atoms with Crippen molar-refractivity contribution in [3.05, 3.63) is 170 Å². The Kier molecular flexibility index (Phi) is 86.2. The van der Waals surface area contributed by atoms with Crippen LogP contribution in [-0.2, 0) is 55.8 Å². The number of aliphatic hydroxyl groups excluding tert-OH is 2. The van der Waals surface area contributed by atoms with Gasteiger partial charge in [0.05, 0.1) is 26.4 Å². The molecule has 0 rings (SSSR count). The molecule has 0 spiro atoms. The number of hydrogen-bond acceptors (Lipinski definition) is 14. The molecule has 0 amide bonds. The van der Waals surface area contributed by atoms with E-state index in [1.165, 1.54) is 193 Å². The van der Waals surface area contributed by atoms with Gasteiger partial charge in [0.1, 0.15) is 25.4 Å². The summed E-state index contributed by atoms with van der Waals surface area (Å²) in [5.41, 5.74) is 0. The fourth-order valence-corrected chi connectivity index (χ4v) is 14.0. The van der Waals surface area contributed by atoms with Gasteiger partial charge >= 0.3 is 33.6 Å². The predicted molar refractivity (Wildman–Crippen MR) is 491 cm³/mol. The van der Waals surface area contributed by atoms with Gasteiger partial charge in [-0.1, -0.05) is 384 Å². The Morgan fingerprint density at radius 2 is 0.470 bits per heavy atom. The lowest BCUT2D eigenvalue weighted by Crippen LogP contribution is -2.29. The zero-order chi connectivity index (χ0) is 85.1. The fraction of sp³-hybridized carbons (Fsp3) is 0.687. The Morgan fingerprint density at radius 1 is 0.248 bits per heavy atom. The van der Waals surface area contributed by atoms with Crippen LogP contribution in [0.15, 0.2) is 170 Å². The van der Waals surface area contributed by atoms with E-state index in [2.05, 4.69) is 173 Å². The lowest BCUT2D eigenvalue weighted by Gasteiger charge is -2.21. The number of ether oxygens (including phenoxy) is 3. The third kappa shape index (κ3) is 91.5. The van der Waals surface area contributed by atoms with E-state index in [1.54, 1.807) is 0 Å². The lowest BCUT2D eigenvalue weighted by atomic mass is 10.0. The van der Waals surface area contributed by atoms with E-state index in [1.807, 2.05) is 18.2 Å². The summed E-state index contributed by atoms with van der Waals surface area (Å²) in [5.74, 6) is -1.67. The maximum Gasteiger partial charge on any atom is 0.472 e. The van der Waals surface area contributed by atoms with Gasteiger partial charge in [0.2, 0.25) is 0 Å². The highest BCUT2D eigenvalue weighted by Crippen LogP contribution is 2.45. The standard InChI is InChI=1S/C99H168O16P2/c1-4-7-10-13-16-19-22-25-28-31-34-36-38-40-42-43-44-45-46-47-48-49-51-53-54-56-59-61-64-67-70-73-76-79-82-85-97(102)109-88-94(100)89-111-116(105,106)112-90-95(101)91-113-117(107,108)114-93-96(115-99(104)87-84-81-78-75-72-69-66-63-58-33-30-27-24-21-18-15-12-9-6-3)92-110-98(103)86-83-80-77-74-71-68-65-62-60-57-55-52-50-41-39-37-35-32-29-26-23-20-17-14-11-8-5-2/h9,12,16-21,25-30,34-37,40-42,50,58,63,69,72,78,81,94-96,100-101H,4-8,10-11,13-15,22-24,31-33,38-39,43-49,51-57,59-62,64-68,70-71,73-77,79-80,82-93H2,1-3H3,(H,105,106)(H,107,108)/b12-9-,19-16-,20-17-,21-18-,28-25-,29-26-,30-27-,36-34-,37-35-,42-40-,50-41-,63-58-,72-69-,81-78-. The Labute approximate surface area is 713 Å². The summed E-state index contributed by atoms with van der Waals surface area (Å²) in [7, 11) is -9.84. The number of hydrogen-bond donors (Lipinski definition) is 4. The molecule has 670 valence electrons. The van der Waals surface area contributed by atoms with E-state index in [0.717, 1.165) is 122 Å². The van der Waals surface area contributed by atoms with E-state index in [9.17, 15) is 43.5 Å². The second-order valence-electron chi connectivity index (χ2n) is 30.7. The van der Waals surface area contributed by atoms with E-state index in [4.69, 9.17) is 32.3 Å². The number of carbonyl (C=O) groups excluding carboxylic acids is 3. The Morgan fingerprint density at radius 3 is 0.752 bits per heavy atom. The molecule has 0 aromatic heterocycles. The van der Waals surface area contributed by atoms with Crippen LogP contribution in [0, 0.1) is 0 Å². The molecule has 5 unspecified atom stereocenters. The van der Waals surface area contributed by atoms with Crippen molar-refractivity contribution >= 4 is 33.6 Å². The van der Waals surface area contributed by atoms with Crippen molar-refractivity contribution in [1.82, 2.24) is 0 Å². The largest absolute Gasteiger partial charge is 0.472 e. The molecular weight excluding hydrogens is 1510 g/mol. The number of esters is 3. The molecule has 0 heterocycles. The van der Waals surface area contributed by atoms with Gasteiger partial charge in [-0.3, -0.25) is 32.5 Å². The molecule has 0 aromatic carbocycles. The molecule has 0 saturated carbocycles. The molecule has 0 radical (unpaired) electrons. The van der Waals surface area contributed by atoms with Crippen LogP contribution in [0.5, 0.6) is 0 Å². The fourth-order valence-electron chi connectivity index (χ4n) is 12.4. The van der Waals surface area contributed by atoms with Crippen LogP contribution < -0.4 is 0 Å². The number of rotatable bonds is 87. The van der Waals surface area contributed by atoms with Crippen molar-refractivity contribution in [3.63, 3.8) is 0 Å². The summed E-state index contributed by atoms with van der Waals surface area (Å²) in [5, 5.41) is 20.7. The molecule has 0 aliphatic rings. The first kappa shape index (κ1) is 112. The number of phosphoric ester groups is 2. The summed E-state index contributed by atoms with van der Waals surface area (Å²) in [6, 6.07) is 0. The second-order valence-corrected chi connectivity index (χ2v) is 33.6. The molecule has 18 heteroatoms. The SMILES string of the molecule is CC/C=C\C/C=C\C/C=C\C/C=C\C/C=C\C/C=C\CCC(=O)OC(COC(=O)CCCCCCCCCCCCC/C=C\C/C=C\C/C=C\C/C=C\CCCCC)COP(=O)(O)OCC(O)COP(=O)(O)OCC(O)COC(=O)CCCCCCCCCCCCCCCCCCCCC/C=C\C/C=C\C/C=C\C/C=C\CCCCC. The van der Waals surface area contributed by atoms with Gasteiger partial charge in [0, 0.05) is 19.3 Å². The summed E-state index contributed by atoms with van der Waals surface area (Å²) in [6.07, 6.45) is 117. The van der Waals surface area contributed by atoms with Crippen molar-refractivity contribution < 1.29 is 75.8 Å². The predicted octanol–water partition coefficient (Wildman–Crippen LogP) is 28.7. The van der Waals surface area contributed by atoms with Gasteiger partial charge in [-0.2, -0.15) is 0 Å². The van der Waals surface area contributed by atoms with Gasteiger partial charge in [-0.15, -0.1) is 0 Å². The number of aliphatic hydroxyl groups is 2. The van der Waals surface area contributed by atoms with Crippen molar-refractivity contribution in [1.29, 1.82) is 0 Å². The zero-order valence-corrected chi connectivity index (χ0v) is 75.6. The van der Waals surface area contributed by atoms with Crippen LogP contribution in [0.25, 0.3) is 0 Å². The highest BCUT2D eigenvalue weighted by Gasteiger charge is 2.29. The van der Waals surface area contributed by atoms with Gasteiger partial charge in [0.15, 0.2) is 6.10 Å². The first-order valence-corrected chi connectivity index (χ1v) is 49.4. The second kappa shape index (κ2) is 90.2. The quantitative estimate of drug-likeness (QED) is 0.0146. The van der Waals surface area contributed by atoms with Crippen LogP contribution in [-0.4, -0.2) is 95.9 Å². The minimum absolute atomic E-state index is 0.0256. The molecule has 0 aliphatic heterocycles. The van der Waals surface area contributed by atoms with Crippen molar-refractivity contribution in [2.75, 3.05) is 39.6 Å². The average Bonchev–Trinajstić information content (AvgIpc) is 0.812. The Bertz CT molecular complexity index is 2810. The molecular formula is C99H168O16P2. The molecule has 5 atom stereocenters. The number of allylic oxidation sites excluding steroid dienone is 28. The Hall–Kier alpha value is -5.09. The van der Waals surface area contributed by atoms with Crippen molar-refractivity contribution in [2.45, 2.75) is 399 Å². The van der Waals surface area contributed by atoms with Gasteiger partial charge < -0.3 is 34.2 Å². The summed E-state index contributed by atoms with van der Waals surface area (Å²) in [4.78, 5) is 58.9. The number of carbonyl (C=O) groups is 3. The minimum atomic E-state index is -4.96. The highest BCUT2D eigenvalue weighted by molar-refractivity contribution is 7.47. The number of phosphoric acid groups is 2.